The van der Waals surface area contributed by atoms with Crippen molar-refractivity contribution in [3.05, 3.63) is 79.3 Å². The van der Waals surface area contributed by atoms with Crippen molar-refractivity contribution in [2.45, 2.75) is 109 Å². The average Bonchev–Trinajstić information content (AvgIpc) is 3.62. The lowest BCUT2D eigenvalue weighted by atomic mass is 9.89. The van der Waals surface area contributed by atoms with E-state index in [1.165, 1.54) is 59.3 Å². The van der Waals surface area contributed by atoms with Crippen molar-refractivity contribution in [1.29, 1.82) is 0 Å². The normalized spacial score (nSPS) is 25.3. The number of H-pyrrole nitrogens is 1. The zero-order chi connectivity index (χ0) is 46.9. The van der Waals surface area contributed by atoms with Crippen LogP contribution in [0.2, 0.25) is 0 Å². The molecule has 2 aliphatic heterocycles. The van der Waals surface area contributed by atoms with E-state index in [0.29, 0.717) is 0 Å². The molecule has 0 saturated carbocycles. The predicted molar refractivity (Wildman–Crippen MR) is 224 cm³/mol. The van der Waals surface area contributed by atoms with E-state index in [4.69, 9.17) is 37.3 Å². The van der Waals surface area contributed by atoms with E-state index in [0.717, 1.165) is 6.20 Å². The summed E-state index contributed by atoms with van der Waals surface area (Å²) < 4.78 is 45.2. The minimum Gasteiger partial charge on any atom is -0.505 e. The van der Waals surface area contributed by atoms with Crippen LogP contribution in [0.1, 0.15) is 65.2 Å². The van der Waals surface area contributed by atoms with E-state index in [1.807, 2.05) is 0 Å². The second-order valence-electron chi connectivity index (χ2n) is 16.7. The van der Waals surface area contributed by atoms with E-state index in [1.54, 1.807) is 27.7 Å². The Morgan fingerprint density at radius 1 is 0.641 bits per heavy atom. The lowest BCUT2D eigenvalue weighted by molar-refractivity contribution is -0.306. The van der Waals surface area contributed by atoms with Crippen LogP contribution in [0, 0.1) is 20.8 Å². The van der Waals surface area contributed by atoms with Gasteiger partial charge in [0.1, 0.15) is 65.0 Å². The lowest BCUT2D eigenvalue weighted by Crippen LogP contribution is -2.63. The van der Waals surface area contributed by atoms with E-state index in [-0.39, 0.29) is 61.4 Å². The molecule has 0 bridgehead atoms. The number of aliphatic hydroxyl groups excluding tert-OH is 4. The highest BCUT2D eigenvalue weighted by Gasteiger charge is 2.52. The molecular formula is C43H49N3O18. The molecule has 2 aromatic carbocycles. The maximum atomic E-state index is 13.5. The van der Waals surface area contributed by atoms with Crippen molar-refractivity contribution in [3.63, 3.8) is 0 Å². The highest BCUT2D eigenvalue weighted by atomic mass is 16.7. The summed E-state index contributed by atoms with van der Waals surface area (Å²) in [6.07, 6.45) is -9.04. The molecule has 3 aromatic heterocycles. The summed E-state index contributed by atoms with van der Waals surface area (Å²) in [4.78, 5) is 56.1. The fraction of sp³-hybridized carbons (Fsp3) is 0.442. The summed E-state index contributed by atoms with van der Waals surface area (Å²) in [5.74, 6) is -3.02. The third-order valence-electron chi connectivity index (χ3n) is 11.7. The van der Waals surface area contributed by atoms with E-state index in [9.17, 15) is 49.8 Å². The number of aryl methyl sites for hydroxylation is 2. The molecule has 0 unspecified atom stereocenters. The molecule has 2 aliphatic rings. The number of aromatic hydroxyl groups is 2. The fourth-order valence-electron chi connectivity index (χ4n) is 8.19. The zero-order valence-electron chi connectivity index (χ0n) is 36.1. The van der Waals surface area contributed by atoms with Crippen LogP contribution in [0.5, 0.6) is 23.0 Å². The Hall–Kier alpha value is -6.04. The van der Waals surface area contributed by atoms with Gasteiger partial charge in [0, 0.05) is 31.5 Å². The standard InChI is InChI=1S/C43H49N3O18/c1-15-20(36(53)45-24-26(47)18-10-12-21(16(2)32(18)61-38(24)55)59-40-30(51)28(49)34(57-8)42(4,5)63-40)14-44-23(15)37(54)46-25-27(48)19-11-13-22(17(3)33(19)62-39(25)56)60-41-31(52)29(50)35(58-9)43(6,7)64-41/h10-14,28-31,34-35,40-41,44,47-52H,1-9H3,(H,45,53)(H,46,54)/t28-,29-,30+,31+,34-,35-,40+,41+/m0/s1. The van der Waals surface area contributed by atoms with Gasteiger partial charge in [-0.1, -0.05) is 0 Å². The number of rotatable bonds is 10. The maximum Gasteiger partial charge on any atom is 0.364 e. The molecule has 344 valence electrons. The molecule has 9 N–H and O–H groups in total. The Morgan fingerprint density at radius 2 is 1.05 bits per heavy atom. The highest BCUT2D eigenvalue weighted by molar-refractivity contribution is 6.11. The van der Waals surface area contributed by atoms with Gasteiger partial charge in [0.15, 0.2) is 22.9 Å². The number of aromatic amines is 1. The Kier molecular flexibility index (Phi) is 12.1. The van der Waals surface area contributed by atoms with Crippen LogP contribution < -0.4 is 31.4 Å². The highest BCUT2D eigenvalue weighted by Crippen LogP contribution is 2.40. The molecular weight excluding hydrogens is 846 g/mol. The number of nitrogens with one attached hydrogen (secondary N) is 3. The predicted octanol–water partition coefficient (Wildman–Crippen LogP) is 2.57. The van der Waals surface area contributed by atoms with Crippen molar-refractivity contribution < 1.29 is 77.5 Å². The Morgan fingerprint density at radius 3 is 1.45 bits per heavy atom. The van der Waals surface area contributed by atoms with Gasteiger partial charge < -0.3 is 83.5 Å². The van der Waals surface area contributed by atoms with E-state index < -0.39 is 106 Å². The monoisotopic (exact) mass is 895 g/mol. The first-order valence-electron chi connectivity index (χ1n) is 19.9. The number of ether oxygens (including phenoxy) is 6. The van der Waals surface area contributed by atoms with Crippen LogP contribution >= 0.6 is 0 Å². The molecule has 0 spiro atoms. The molecule has 2 saturated heterocycles. The van der Waals surface area contributed by atoms with Gasteiger partial charge in [-0.15, -0.1) is 0 Å². The number of carbonyl (C=O) groups excluding carboxylic acids is 2. The number of methoxy groups -OCH3 is 2. The molecule has 5 heterocycles. The number of hydrogen-bond donors (Lipinski definition) is 9. The molecule has 64 heavy (non-hydrogen) atoms. The van der Waals surface area contributed by atoms with Gasteiger partial charge in [0.2, 0.25) is 12.6 Å². The third-order valence-corrected chi connectivity index (χ3v) is 11.7. The average molecular weight is 896 g/mol. The molecule has 8 atom stereocenters. The molecule has 5 aromatic rings. The number of hydrogen-bond acceptors (Lipinski definition) is 18. The van der Waals surface area contributed by atoms with Crippen molar-refractivity contribution in [2.24, 2.45) is 0 Å². The number of aliphatic hydroxyl groups is 4. The second kappa shape index (κ2) is 16.8. The topological polar surface area (TPSA) is 311 Å². The minimum absolute atomic E-state index is 0.00229. The van der Waals surface area contributed by atoms with Crippen LogP contribution in [-0.2, 0) is 18.9 Å². The van der Waals surface area contributed by atoms with Gasteiger partial charge >= 0.3 is 11.3 Å². The van der Waals surface area contributed by atoms with E-state index in [2.05, 4.69) is 15.6 Å². The number of anilines is 2. The molecule has 2 fully saturated rings. The van der Waals surface area contributed by atoms with Crippen LogP contribution in [0.4, 0.5) is 11.4 Å². The third kappa shape index (κ3) is 7.83. The maximum absolute atomic E-state index is 13.5. The van der Waals surface area contributed by atoms with Crippen LogP contribution in [-0.4, -0.2) is 122 Å². The molecule has 2 amide bonds. The van der Waals surface area contributed by atoms with Crippen molar-refractivity contribution in [2.75, 3.05) is 24.9 Å². The summed E-state index contributed by atoms with van der Waals surface area (Å²) in [5, 5.41) is 69.7. The largest absolute Gasteiger partial charge is 0.505 e. The smallest absolute Gasteiger partial charge is 0.364 e. The van der Waals surface area contributed by atoms with E-state index >= 15 is 0 Å². The van der Waals surface area contributed by atoms with Crippen LogP contribution in [0.25, 0.3) is 21.9 Å². The van der Waals surface area contributed by atoms with Gasteiger partial charge in [-0.2, -0.15) is 0 Å². The summed E-state index contributed by atoms with van der Waals surface area (Å²) >= 11 is 0. The first-order valence-corrected chi connectivity index (χ1v) is 19.9. The van der Waals surface area contributed by atoms with Crippen LogP contribution in [0.15, 0.2) is 48.9 Å². The van der Waals surface area contributed by atoms with Crippen molar-refractivity contribution in [3.8, 4) is 23.0 Å². The minimum atomic E-state index is -1.52. The molecule has 21 heteroatoms. The number of amides is 2. The lowest BCUT2D eigenvalue weighted by Gasteiger charge is -2.46. The summed E-state index contributed by atoms with van der Waals surface area (Å²) in [6.45, 7) is 11.0. The quantitative estimate of drug-likeness (QED) is 0.0910. The number of fused-ring (bicyclic) bond motifs is 2. The summed E-state index contributed by atoms with van der Waals surface area (Å²) in [6, 6.07) is 5.51. The van der Waals surface area contributed by atoms with Gasteiger partial charge in [-0.3, -0.25) is 9.59 Å². The zero-order valence-corrected chi connectivity index (χ0v) is 36.1. The number of carbonyl (C=O) groups is 2. The molecule has 21 nitrogen and oxygen atoms in total. The van der Waals surface area contributed by atoms with Gasteiger partial charge in [-0.25, -0.2) is 9.59 Å². The summed E-state index contributed by atoms with van der Waals surface area (Å²) in [5.41, 5.74) is -5.77. The van der Waals surface area contributed by atoms with Gasteiger partial charge in [0.25, 0.3) is 11.8 Å². The molecule has 7 rings (SSSR count). The summed E-state index contributed by atoms with van der Waals surface area (Å²) in [7, 11) is 2.74. The van der Waals surface area contributed by atoms with Gasteiger partial charge in [0.05, 0.1) is 27.5 Å². The Balaban J connectivity index is 1.07. The first kappa shape index (κ1) is 46.0. The second-order valence-corrected chi connectivity index (χ2v) is 16.7. The molecule has 0 radical (unpaired) electrons. The number of benzene rings is 2. The Bertz CT molecular complexity index is 2590. The fourth-order valence-corrected chi connectivity index (χ4v) is 8.19. The SMILES string of the molecule is CO[C@H]1[C@@H](O)[C@@H](O)[C@H](Oc2ccc3c(O)c(NC(=O)c4c[nH]c(C(=O)Nc5c(O)c6ccc(O[C@@H]7OC(C)(C)[C@@H](OC)[C@@H](O)[C@H]7O)c(C)c6oc5=O)c4C)c(=O)oc3c2C)OC1(C)C. The van der Waals surface area contributed by atoms with Crippen LogP contribution in [0.3, 0.4) is 0 Å². The van der Waals surface area contributed by atoms with Crippen molar-refractivity contribution >= 4 is 45.1 Å². The number of aromatic nitrogens is 1. The van der Waals surface area contributed by atoms with Gasteiger partial charge in [-0.05, 0) is 78.3 Å². The van der Waals surface area contributed by atoms with Crippen molar-refractivity contribution in [1.82, 2.24) is 4.98 Å². The molecule has 0 aliphatic carbocycles. The first-order chi connectivity index (χ1) is 30.0. The Labute approximate surface area is 363 Å².